The molecule has 1 fully saturated rings. The topological polar surface area (TPSA) is 46.2 Å². The van der Waals surface area contributed by atoms with E-state index in [2.05, 4.69) is 4.72 Å². The van der Waals surface area contributed by atoms with Crippen molar-refractivity contribution >= 4 is 38.3 Å². The van der Waals surface area contributed by atoms with Gasteiger partial charge in [-0.1, -0.05) is 24.0 Å². The summed E-state index contributed by atoms with van der Waals surface area (Å²) < 4.78 is 24.4. The molecule has 1 aliphatic heterocycles. The minimum absolute atomic E-state index is 0.195. The second kappa shape index (κ2) is 3.06. The first-order valence-corrected chi connectivity index (χ1v) is 5.82. The van der Waals surface area contributed by atoms with E-state index in [1.807, 2.05) is 0 Å². The van der Waals surface area contributed by atoms with Crippen molar-refractivity contribution in [1.29, 1.82) is 0 Å². The molecule has 0 aromatic rings. The molecule has 0 aliphatic carbocycles. The van der Waals surface area contributed by atoms with Crippen molar-refractivity contribution in [2.24, 2.45) is 0 Å². The van der Waals surface area contributed by atoms with Gasteiger partial charge in [0, 0.05) is 5.75 Å². The number of rotatable bonds is 0. The van der Waals surface area contributed by atoms with E-state index in [9.17, 15) is 8.42 Å². The van der Waals surface area contributed by atoms with Crippen molar-refractivity contribution < 1.29 is 8.42 Å². The molecule has 6 heteroatoms. The van der Waals surface area contributed by atoms with Crippen molar-refractivity contribution in [3.63, 3.8) is 0 Å². The maximum absolute atomic E-state index is 10.9. The van der Waals surface area contributed by atoms with Gasteiger partial charge in [-0.05, 0) is 6.42 Å². The van der Waals surface area contributed by atoms with Gasteiger partial charge in [0.05, 0.1) is 5.75 Å². The summed E-state index contributed by atoms with van der Waals surface area (Å²) >= 11 is 6.10. The van der Waals surface area contributed by atoms with Crippen molar-refractivity contribution in [2.45, 2.75) is 6.42 Å². The summed E-state index contributed by atoms with van der Waals surface area (Å²) in [6.07, 6.45) is 0.681. The first-order valence-electron chi connectivity index (χ1n) is 2.77. The molecular weight excluding hydrogens is 190 g/mol. The SMILES string of the molecule is O=S1(=O)CCCSC(=S)N1. The third-order valence-corrected chi connectivity index (χ3v) is 3.94. The summed E-state index contributed by atoms with van der Waals surface area (Å²) in [6, 6.07) is 0. The highest BCUT2D eigenvalue weighted by Crippen LogP contribution is 2.10. The van der Waals surface area contributed by atoms with Gasteiger partial charge in [-0.25, -0.2) is 8.42 Å². The predicted molar refractivity (Wildman–Crippen MR) is 46.6 cm³/mol. The quantitative estimate of drug-likeness (QED) is 0.568. The fraction of sp³-hybridized carbons (Fsp3) is 0.750. The smallest absolute Gasteiger partial charge is 0.233 e. The van der Waals surface area contributed by atoms with Crippen molar-refractivity contribution in [2.75, 3.05) is 11.5 Å². The standard InChI is InChI=1S/C4H7NO2S3/c6-10(7)3-1-2-9-4(8)5-10/h1-3H2,(H,5,8). The molecule has 1 aliphatic rings. The molecule has 1 heterocycles. The minimum atomic E-state index is -3.08. The largest absolute Gasteiger partial charge is 0.268 e. The molecule has 3 nitrogen and oxygen atoms in total. The van der Waals surface area contributed by atoms with Gasteiger partial charge in [-0.15, -0.1) is 0 Å². The monoisotopic (exact) mass is 197 g/mol. The lowest BCUT2D eigenvalue weighted by Crippen LogP contribution is -2.26. The molecule has 0 aromatic heterocycles. The molecule has 0 radical (unpaired) electrons. The number of hydrogen-bond acceptors (Lipinski definition) is 4. The van der Waals surface area contributed by atoms with Crippen LogP contribution >= 0.6 is 24.0 Å². The Bertz CT molecular complexity index is 233. The van der Waals surface area contributed by atoms with Gasteiger partial charge >= 0.3 is 0 Å². The molecule has 1 rings (SSSR count). The number of sulfonamides is 1. The van der Waals surface area contributed by atoms with E-state index < -0.39 is 10.0 Å². The van der Waals surface area contributed by atoms with Crippen molar-refractivity contribution in [3.05, 3.63) is 0 Å². The van der Waals surface area contributed by atoms with Crippen LogP contribution in [-0.2, 0) is 10.0 Å². The normalized spacial score (nSPS) is 25.0. The summed E-state index contributed by atoms with van der Waals surface area (Å²) in [5.74, 6) is 0.991. The van der Waals surface area contributed by atoms with E-state index in [1.165, 1.54) is 11.8 Å². The molecule has 10 heavy (non-hydrogen) atoms. The maximum atomic E-state index is 10.9. The zero-order chi connectivity index (χ0) is 7.61. The van der Waals surface area contributed by atoms with Crippen LogP contribution < -0.4 is 4.72 Å². The van der Waals surface area contributed by atoms with Crippen LogP contribution in [0.2, 0.25) is 0 Å². The zero-order valence-electron chi connectivity index (χ0n) is 5.16. The molecule has 58 valence electrons. The van der Waals surface area contributed by atoms with Crippen LogP contribution in [-0.4, -0.2) is 24.2 Å². The first-order chi connectivity index (χ1) is 4.60. The lowest BCUT2D eigenvalue weighted by Gasteiger charge is -1.99. The molecule has 0 bridgehead atoms. The second-order valence-electron chi connectivity index (χ2n) is 1.91. The molecule has 0 atom stereocenters. The maximum Gasteiger partial charge on any atom is 0.233 e. The first kappa shape index (κ1) is 8.29. The molecule has 1 saturated heterocycles. The zero-order valence-corrected chi connectivity index (χ0v) is 7.61. The summed E-state index contributed by atoms with van der Waals surface area (Å²) in [4.78, 5) is 0. The van der Waals surface area contributed by atoms with Crippen LogP contribution in [0.25, 0.3) is 0 Å². The van der Waals surface area contributed by atoms with Gasteiger partial charge in [0.15, 0.2) is 0 Å². The van der Waals surface area contributed by atoms with E-state index in [1.54, 1.807) is 0 Å². The van der Waals surface area contributed by atoms with Crippen LogP contribution in [0.3, 0.4) is 0 Å². The summed E-state index contributed by atoms with van der Waals surface area (Å²) in [5, 5.41) is 0. The Hall–Kier alpha value is 0.190. The molecule has 0 saturated carbocycles. The van der Waals surface area contributed by atoms with Crippen LogP contribution in [0.15, 0.2) is 0 Å². The Labute approximate surface area is 69.6 Å². The average molecular weight is 197 g/mol. The van der Waals surface area contributed by atoms with Gasteiger partial charge in [-0.3, -0.25) is 4.72 Å². The van der Waals surface area contributed by atoms with E-state index in [-0.39, 0.29) is 5.75 Å². The van der Waals surface area contributed by atoms with Crippen molar-refractivity contribution in [1.82, 2.24) is 4.72 Å². The molecular formula is C4H7NO2S3. The summed E-state index contributed by atoms with van der Waals surface area (Å²) in [7, 11) is -3.08. The average Bonchev–Trinajstić information content (AvgIpc) is 1.90. The fourth-order valence-corrected chi connectivity index (χ4v) is 3.41. The Morgan fingerprint density at radius 1 is 1.60 bits per heavy atom. The lowest BCUT2D eigenvalue weighted by molar-refractivity contribution is 0.592. The number of hydrogen-bond donors (Lipinski definition) is 1. The van der Waals surface area contributed by atoms with Crippen molar-refractivity contribution in [3.8, 4) is 0 Å². The fourth-order valence-electron chi connectivity index (χ4n) is 0.621. The van der Waals surface area contributed by atoms with Crippen LogP contribution in [0.4, 0.5) is 0 Å². The molecule has 0 spiro atoms. The number of thiocarbonyl (C=S) groups is 1. The summed E-state index contributed by atoms with van der Waals surface area (Å²) in [6.45, 7) is 0. The van der Waals surface area contributed by atoms with E-state index in [4.69, 9.17) is 12.2 Å². The van der Waals surface area contributed by atoms with Gasteiger partial charge < -0.3 is 0 Å². The lowest BCUT2D eigenvalue weighted by atomic mass is 10.6. The van der Waals surface area contributed by atoms with E-state index in [0.717, 1.165) is 5.75 Å². The minimum Gasteiger partial charge on any atom is -0.268 e. The molecule has 0 amide bonds. The Morgan fingerprint density at radius 3 is 3.00 bits per heavy atom. The summed E-state index contributed by atoms with van der Waals surface area (Å²) in [5.41, 5.74) is 0. The van der Waals surface area contributed by atoms with Gasteiger partial charge in [0.25, 0.3) is 0 Å². The third-order valence-electron chi connectivity index (χ3n) is 1.03. The number of nitrogens with one attached hydrogen (secondary N) is 1. The molecule has 1 N–H and O–H groups in total. The van der Waals surface area contributed by atoms with Crippen LogP contribution in [0, 0.1) is 0 Å². The van der Waals surface area contributed by atoms with Gasteiger partial charge in [0.1, 0.15) is 4.32 Å². The van der Waals surface area contributed by atoms with Crippen LogP contribution in [0.1, 0.15) is 6.42 Å². The van der Waals surface area contributed by atoms with Gasteiger partial charge in [-0.2, -0.15) is 0 Å². The second-order valence-corrected chi connectivity index (χ2v) is 5.52. The highest BCUT2D eigenvalue weighted by atomic mass is 32.2. The van der Waals surface area contributed by atoms with Gasteiger partial charge in [0.2, 0.25) is 10.0 Å². The van der Waals surface area contributed by atoms with E-state index in [0.29, 0.717) is 10.7 Å². The van der Waals surface area contributed by atoms with Crippen LogP contribution in [0.5, 0.6) is 0 Å². The molecule has 0 unspecified atom stereocenters. The molecule has 0 aromatic carbocycles. The highest BCUT2D eigenvalue weighted by Gasteiger charge is 2.15. The Morgan fingerprint density at radius 2 is 2.30 bits per heavy atom. The highest BCUT2D eigenvalue weighted by molar-refractivity contribution is 8.24. The Kier molecular flexibility index (Phi) is 2.54. The predicted octanol–water partition coefficient (Wildman–Crippen LogP) is 0.328. The third kappa shape index (κ3) is 2.43. The number of thioether (sulfide) groups is 1. The van der Waals surface area contributed by atoms with E-state index >= 15 is 0 Å². The Balaban J connectivity index is 2.73.